The van der Waals surface area contributed by atoms with Gasteiger partial charge in [-0.2, -0.15) is 0 Å². The van der Waals surface area contributed by atoms with Crippen molar-refractivity contribution >= 4 is 17.4 Å². The van der Waals surface area contributed by atoms with E-state index in [2.05, 4.69) is 9.97 Å². The first-order valence-electron chi connectivity index (χ1n) is 3.05. The fraction of sp³-hybridized carbons (Fsp3) is 0.333. The van der Waals surface area contributed by atoms with E-state index in [0.29, 0.717) is 10.9 Å². The van der Waals surface area contributed by atoms with E-state index in [0.717, 1.165) is 0 Å². The first kappa shape index (κ1) is 8.13. The number of aryl methyl sites for hydroxylation is 1. The van der Waals surface area contributed by atoms with Crippen LogP contribution in [-0.2, 0) is 0 Å². The zero-order valence-corrected chi connectivity index (χ0v) is 7.16. The third kappa shape index (κ3) is 1.54. The number of rotatable bonds is 1. The summed E-state index contributed by atoms with van der Waals surface area (Å²) < 4.78 is 0. The largest absolute Gasteiger partial charge is 0.393 e. The Bertz CT molecular complexity index is 320. The van der Waals surface area contributed by atoms with Crippen molar-refractivity contribution in [2.75, 3.05) is 12.0 Å². The zero-order valence-electron chi connectivity index (χ0n) is 6.34. The first-order valence-corrected chi connectivity index (χ1v) is 4.28. The maximum Gasteiger partial charge on any atom is 0.274 e. The summed E-state index contributed by atoms with van der Waals surface area (Å²) in [5.74, 6) is 0. The van der Waals surface area contributed by atoms with Gasteiger partial charge >= 0.3 is 0 Å². The number of nitrogens with one attached hydrogen (secondary N) is 1. The minimum absolute atomic E-state index is 0.197. The molecule has 60 valence electrons. The highest BCUT2D eigenvalue weighted by Crippen LogP contribution is 2.08. The molecule has 1 aromatic heterocycles. The first-order chi connectivity index (χ1) is 5.15. The van der Waals surface area contributed by atoms with E-state index in [9.17, 15) is 4.79 Å². The van der Waals surface area contributed by atoms with Gasteiger partial charge < -0.3 is 5.73 Å². The minimum Gasteiger partial charge on any atom is -0.393 e. The molecule has 0 atom stereocenters. The molecule has 5 heteroatoms. The molecule has 0 bridgehead atoms. The standard InChI is InChI=1S/C6H9N3OS/c1-3-4(7)5(10)9-6(8-3)11-2/h7H2,1-2H3,(H,8,9,10). The number of aromatic amines is 1. The molecule has 0 spiro atoms. The van der Waals surface area contributed by atoms with Gasteiger partial charge in [-0.25, -0.2) is 4.98 Å². The maximum absolute atomic E-state index is 11.0. The monoisotopic (exact) mass is 171 g/mol. The predicted molar refractivity (Wildman–Crippen MR) is 45.8 cm³/mol. The molecule has 1 heterocycles. The Labute approximate surface area is 68.2 Å². The van der Waals surface area contributed by atoms with Crippen molar-refractivity contribution in [3.05, 3.63) is 16.0 Å². The molecule has 0 aromatic carbocycles. The highest BCUT2D eigenvalue weighted by atomic mass is 32.2. The Kier molecular flexibility index (Phi) is 2.19. The Balaban J connectivity index is 3.32. The molecule has 0 saturated heterocycles. The van der Waals surface area contributed by atoms with Crippen molar-refractivity contribution in [3.8, 4) is 0 Å². The van der Waals surface area contributed by atoms with Crippen molar-refractivity contribution in [3.63, 3.8) is 0 Å². The van der Waals surface area contributed by atoms with Crippen LogP contribution in [0.1, 0.15) is 5.69 Å². The van der Waals surface area contributed by atoms with E-state index < -0.39 is 0 Å². The van der Waals surface area contributed by atoms with Crippen LogP contribution in [-0.4, -0.2) is 16.2 Å². The van der Waals surface area contributed by atoms with E-state index in [1.54, 1.807) is 6.92 Å². The van der Waals surface area contributed by atoms with Gasteiger partial charge in [0.1, 0.15) is 5.69 Å². The lowest BCUT2D eigenvalue weighted by Crippen LogP contribution is -2.15. The van der Waals surface area contributed by atoms with Crippen molar-refractivity contribution in [2.45, 2.75) is 12.1 Å². The number of nitrogen functional groups attached to an aromatic ring is 1. The normalized spacial score (nSPS) is 10.0. The number of anilines is 1. The number of hydrogen-bond acceptors (Lipinski definition) is 4. The summed E-state index contributed by atoms with van der Waals surface area (Å²) >= 11 is 1.38. The minimum atomic E-state index is -0.262. The molecule has 0 aliphatic rings. The summed E-state index contributed by atoms with van der Waals surface area (Å²) in [7, 11) is 0. The van der Waals surface area contributed by atoms with Crippen LogP contribution >= 0.6 is 11.8 Å². The molecular formula is C6H9N3OS. The Morgan fingerprint density at radius 1 is 1.64 bits per heavy atom. The van der Waals surface area contributed by atoms with Gasteiger partial charge in [0.05, 0.1) is 5.69 Å². The van der Waals surface area contributed by atoms with Crippen LogP contribution in [0.2, 0.25) is 0 Å². The number of aromatic nitrogens is 2. The maximum atomic E-state index is 11.0. The van der Waals surface area contributed by atoms with Gasteiger partial charge in [-0.1, -0.05) is 11.8 Å². The molecular weight excluding hydrogens is 162 g/mol. The summed E-state index contributed by atoms with van der Waals surface area (Å²) in [6.07, 6.45) is 1.84. The summed E-state index contributed by atoms with van der Waals surface area (Å²) in [5, 5.41) is 0.599. The van der Waals surface area contributed by atoms with Crippen LogP contribution in [0.15, 0.2) is 9.95 Å². The lowest BCUT2D eigenvalue weighted by Gasteiger charge is -1.99. The second kappa shape index (κ2) is 2.96. The van der Waals surface area contributed by atoms with Gasteiger partial charge in [-0.05, 0) is 13.2 Å². The number of nitrogens with zero attached hydrogens (tertiary/aromatic N) is 1. The van der Waals surface area contributed by atoms with Gasteiger partial charge in [0.2, 0.25) is 0 Å². The molecule has 0 fully saturated rings. The molecule has 1 rings (SSSR count). The van der Waals surface area contributed by atoms with Crippen LogP contribution in [0.4, 0.5) is 5.69 Å². The van der Waals surface area contributed by atoms with Crippen molar-refractivity contribution in [2.24, 2.45) is 0 Å². The molecule has 3 N–H and O–H groups in total. The second-order valence-electron chi connectivity index (χ2n) is 2.07. The van der Waals surface area contributed by atoms with Gasteiger partial charge in [0.15, 0.2) is 5.16 Å². The van der Waals surface area contributed by atoms with Crippen LogP contribution in [0.3, 0.4) is 0 Å². The van der Waals surface area contributed by atoms with Gasteiger partial charge in [-0.15, -0.1) is 0 Å². The lowest BCUT2D eigenvalue weighted by atomic mass is 10.4. The average molecular weight is 171 g/mol. The smallest absolute Gasteiger partial charge is 0.274 e. The van der Waals surface area contributed by atoms with Gasteiger partial charge in [0.25, 0.3) is 5.56 Å². The van der Waals surface area contributed by atoms with Crippen LogP contribution in [0.5, 0.6) is 0 Å². The highest BCUT2D eigenvalue weighted by molar-refractivity contribution is 7.98. The molecule has 0 amide bonds. The molecule has 0 aliphatic carbocycles. The number of H-pyrrole nitrogens is 1. The molecule has 0 unspecified atom stereocenters. The third-order valence-electron chi connectivity index (χ3n) is 1.32. The molecule has 0 aliphatic heterocycles. The lowest BCUT2D eigenvalue weighted by molar-refractivity contribution is 0.914. The van der Waals surface area contributed by atoms with E-state index in [1.807, 2.05) is 6.26 Å². The van der Waals surface area contributed by atoms with Crippen molar-refractivity contribution in [1.29, 1.82) is 0 Å². The van der Waals surface area contributed by atoms with Crippen LogP contribution < -0.4 is 11.3 Å². The van der Waals surface area contributed by atoms with Crippen molar-refractivity contribution < 1.29 is 0 Å². The SMILES string of the molecule is CSc1nc(C)c(N)c(=O)[nH]1. The number of hydrogen-bond donors (Lipinski definition) is 2. The molecule has 1 aromatic rings. The fourth-order valence-corrected chi connectivity index (χ4v) is 1.09. The second-order valence-corrected chi connectivity index (χ2v) is 2.87. The Morgan fingerprint density at radius 3 is 2.73 bits per heavy atom. The van der Waals surface area contributed by atoms with E-state index in [-0.39, 0.29) is 11.2 Å². The molecule has 4 nitrogen and oxygen atoms in total. The highest BCUT2D eigenvalue weighted by Gasteiger charge is 2.01. The van der Waals surface area contributed by atoms with Gasteiger partial charge in [-0.3, -0.25) is 9.78 Å². The Hall–Kier alpha value is -0.970. The Morgan fingerprint density at radius 2 is 2.27 bits per heavy atom. The van der Waals surface area contributed by atoms with Crippen LogP contribution in [0, 0.1) is 6.92 Å². The third-order valence-corrected chi connectivity index (χ3v) is 1.90. The van der Waals surface area contributed by atoms with Gasteiger partial charge in [0, 0.05) is 0 Å². The quantitative estimate of drug-likeness (QED) is 0.473. The molecule has 0 saturated carbocycles. The van der Waals surface area contributed by atoms with E-state index >= 15 is 0 Å². The van der Waals surface area contributed by atoms with E-state index in [1.165, 1.54) is 11.8 Å². The zero-order chi connectivity index (χ0) is 8.43. The summed E-state index contributed by atoms with van der Waals surface area (Å²) in [6, 6.07) is 0. The van der Waals surface area contributed by atoms with Crippen molar-refractivity contribution in [1.82, 2.24) is 9.97 Å². The summed E-state index contributed by atoms with van der Waals surface area (Å²) in [6.45, 7) is 1.71. The summed E-state index contributed by atoms with van der Waals surface area (Å²) in [5.41, 5.74) is 5.91. The number of thioether (sulfide) groups is 1. The topological polar surface area (TPSA) is 71.8 Å². The van der Waals surface area contributed by atoms with Crippen LogP contribution in [0.25, 0.3) is 0 Å². The molecule has 11 heavy (non-hydrogen) atoms. The predicted octanol–water partition coefficient (Wildman–Crippen LogP) is 0.382. The number of nitrogens with two attached hydrogens (primary N) is 1. The van der Waals surface area contributed by atoms with E-state index in [4.69, 9.17) is 5.73 Å². The average Bonchev–Trinajstić information content (AvgIpc) is 1.99. The fourth-order valence-electron chi connectivity index (χ4n) is 0.666. The molecule has 0 radical (unpaired) electrons. The summed E-state index contributed by atoms with van der Waals surface area (Å²) in [4.78, 5) is 17.6.